The molecule has 0 amide bonds. The van der Waals surface area contributed by atoms with Crippen molar-refractivity contribution in [3.8, 4) is 0 Å². The predicted molar refractivity (Wildman–Crippen MR) is 80.4 cm³/mol. The predicted octanol–water partition coefficient (Wildman–Crippen LogP) is 3.63. The molecule has 0 aliphatic rings. The number of thiophene rings is 1. The number of hydrogen-bond acceptors (Lipinski definition) is 4. The van der Waals surface area contributed by atoms with E-state index in [2.05, 4.69) is 37.6 Å². The van der Waals surface area contributed by atoms with Gasteiger partial charge < -0.3 is 10.5 Å². The third-order valence-corrected chi connectivity index (χ3v) is 4.77. The van der Waals surface area contributed by atoms with Crippen LogP contribution in [0.15, 0.2) is 12.1 Å². The van der Waals surface area contributed by atoms with Crippen molar-refractivity contribution in [3.05, 3.63) is 21.9 Å². The highest BCUT2D eigenvalue weighted by molar-refractivity contribution is 7.12. The first-order chi connectivity index (χ1) is 8.74. The van der Waals surface area contributed by atoms with E-state index in [-0.39, 0.29) is 23.3 Å². The molecule has 1 rings (SSSR count). The van der Waals surface area contributed by atoms with Crippen molar-refractivity contribution in [3.63, 3.8) is 0 Å². The number of nitrogens with two attached hydrogens (primary N) is 1. The van der Waals surface area contributed by atoms with E-state index in [4.69, 9.17) is 5.73 Å². The monoisotopic (exact) mass is 283 g/mol. The van der Waals surface area contributed by atoms with Gasteiger partial charge in [-0.05, 0) is 29.9 Å². The Hall–Kier alpha value is -0.870. The molecule has 4 heteroatoms. The molecule has 0 aliphatic heterocycles. The summed E-state index contributed by atoms with van der Waals surface area (Å²) in [6, 6.07) is 4.27. The van der Waals surface area contributed by atoms with Crippen LogP contribution in [-0.4, -0.2) is 13.1 Å². The van der Waals surface area contributed by atoms with Crippen molar-refractivity contribution in [2.75, 3.05) is 7.11 Å². The zero-order valence-corrected chi connectivity index (χ0v) is 13.3. The average molecular weight is 283 g/mol. The van der Waals surface area contributed by atoms with Gasteiger partial charge in [0.25, 0.3) is 0 Å². The van der Waals surface area contributed by atoms with Crippen LogP contribution >= 0.6 is 11.3 Å². The summed E-state index contributed by atoms with van der Waals surface area (Å²) in [5, 5.41) is 0. The van der Waals surface area contributed by atoms with Gasteiger partial charge in [-0.2, -0.15) is 0 Å². The minimum absolute atomic E-state index is 0.000700. The molecule has 2 N–H and O–H groups in total. The van der Waals surface area contributed by atoms with Crippen molar-refractivity contribution in [1.29, 1.82) is 0 Å². The summed E-state index contributed by atoms with van der Waals surface area (Å²) in [7, 11) is 1.42. The fourth-order valence-corrected chi connectivity index (χ4v) is 3.04. The standard InChI is InChI=1S/C15H25NO2S/c1-10(9-14(17)18-5)8-11(16)12-6-7-13(19-12)15(2,3)4/h6-7,10-11H,8-9,16H2,1-5H3. The molecule has 2 unspecified atom stereocenters. The summed E-state index contributed by atoms with van der Waals surface area (Å²) < 4.78 is 4.68. The topological polar surface area (TPSA) is 52.3 Å². The Morgan fingerprint density at radius 3 is 2.53 bits per heavy atom. The van der Waals surface area contributed by atoms with Crippen LogP contribution in [0.4, 0.5) is 0 Å². The van der Waals surface area contributed by atoms with Gasteiger partial charge in [-0.25, -0.2) is 0 Å². The summed E-state index contributed by atoms with van der Waals surface area (Å²) in [5.41, 5.74) is 6.39. The molecule has 3 nitrogen and oxygen atoms in total. The molecular formula is C15H25NO2S. The van der Waals surface area contributed by atoms with Crippen LogP contribution < -0.4 is 5.73 Å². The van der Waals surface area contributed by atoms with Crippen molar-refractivity contribution in [2.45, 2.75) is 52.0 Å². The minimum atomic E-state index is -0.165. The van der Waals surface area contributed by atoms with Gasteiger partial charge in [0, 0.05) is 22.2 Å². The zero-order valence-electron chi connectivity index (χ0n) is 12.5. The van der Waals surface area contributed by atoms with E-state index in [1.54, 1.807) is 11.3 Å². The summed E-state index contributed by atoms with van der Waals surface area (Å²) >= 11 is 1.77. The van der Waals surface area contributed by atoms with Crippen molar-refractivity contribution < 1.29 is 9.53 Å². The van der Waals surface area contributed by atoms with Gasteiger partial charge in [-0.1, -0.05) is 27.7 Å². The second kappa shape index (κ2) is 6.53. The molecule has 108 valence electrons. The summed E-state index contributed by atoms with van der Waals surface area (Å²) in [4.78, 5) is 13.8. The van der Waals surface area contributed by atoms with Crippen LogP contribution in [0.25, 0.3) is 0 Å². The van der Waals surface area contributed by atoms with Gasteiger partial charge in [0.1, 0.15) is 0 Å². The molecule has 1 heterocycles. The number of hydrogen-bond donors (Lipinski definition) is 1. The Morgan fingerprint density at radius 2 is 2.05 bits per heavy atom. The SMILES string of the molecule is COC(=O)CC(C)CC(N)c1ccc(C(C)(C)C)s1. The summed E-state index contributed by atoms with van der Waals surface area (Å²) in [5.74, 6) is 0.0731. The van der Waals surface area contributed by atoms with Crippen LogP contribution in [0.1, 0.15) is 56.3 Å². The molecule has 0 spiro atoms. The Labute approximate surface area is 120 Å². The molecule has 0 bridgehead atoms. The summed E-state index contributed by atoms with van der Waals surface area (Å²) in [6.07, 6.45) is 1.24. The van der Waals surface area contributed by atoms with E-state index in [9.17, 15) is 4.79 Å². The van der Waals surface area contributed by atoms with E-state index < -0.39 is 0 Å². The lowest BCUT2D eigenvalue weighted by molar-refractivity contribution is -0.141. The van der Waals surface area contributed by atoms with Gasteiger partial charge >= 0.3 is 5.97 Å². The molecule has 19 heavy (non-hydrogen) atoms. The Kier molecular flexibility index (Phi) is 5.56. The Balaban J connectivity index is 2.61. The van der Waals surface area contributed by atoms with Gasteiger partial charge in [0.15, 0.2) is 0 Å². The fourth-order valence-electron chi connectivity index (χ4n) is 1.96. The molecule has 0 radical (unpaired) electrons. The van der Waals surface area contributed by atoms with Crippen LogP contribution in [0, 0.1) is 5.92 Å². The van der Waals surface area contributed by atoms with E-state index >= 15 is 0 Å². The minimum Gasteiger partial charge on any atom is -0.469 e. The maximum absolute atomic E-state index is 11.2. The molecule has 0 aromatic carbocycles. The third-order valence-electron chi connectivity index (χ3n) is 3.13. The van der Waals surface area contributed by atoms with Gasteiger partial charge in [-0.15, -0.1) is 11.3 Å². The van der Waals surface area contributed by atoms with E-state index in [1.165, 1.54) is 16.9 Å². The highest BCUT2D eigenvalue weighted by atomic mass is 32.1. The van der Waals surface area contributed by atoms with Crippen LogP contribution in [0.2, 0.25) is 0 Å². The zero-order chi connectivity index (χ0) is 14.6. The van der Waals surface area contributed by atoms with Gasteiger partial charge in [0.2, 0.25) is 0 Å². The quantitative estimate of drug-likeness (QED) is 0.839. The van der Waals surface area contributed by atoms with Crippen LogP contribution in [-0.2, 0) is 14.9 Å². The number of ether oxygens (including phenoxy) is 1. The Bertz CT molecular complexity index is 420. The van der Waals surface area contributed by atoms with Gasteiger partial charge in [-0.3, -0.25) is 4.79 Å². The number of carbonyl (C=O) groups excluding carboxylic acids is 1. The van der Waals surface area contributed by atoms with Crippen molar-refractivity contribution in [1.82, 2.24) is 0 Å². The van der Waals surface area contributed by atoms with Crippen LogP contribution in [0.5, 0.6) is 0 Å². The first kappa shape index (κ1) is 16.2. The lowest BCUT2D eigenvalue weighted by atomic mass is 9.94. The second-order valence-electron chi connectivity index (χ2n) is 6.18. The molecule has 2 atom stereocenters. The molecule has 0 aliphatic carbocycles. The number of methoxy groups -OCH3 is 1. The number of rotatable bonds is 5. The number of carbonyl (C=O) groups is 1. The lowest BCUT2D eigenvalue weighted by Gasteiger charge is -2.17. The van der Waals surface area contributed by atoms with E-state index in [0.29, 0.717) is 6.42 Å². The van der Waals surface area contributed by atoms with E-state index in [0.717, 1.165) is 6.42 Å². The molecular weight excluding hydrogens is 258 g/mol. The third kappa shape index (κ3) is 4.96. The van der Waals surface area contributed by atoms with Crippen molar-refractivity contribution >= 4 is 17.3 Å². The smallest absolute Gasteiger partial charge is 0.305 e. The first-order valence-corrected chi connectivity index (χ1v) is 7.48. The lowest BCUT2D eigenvalue weighted by Crippen LogP contribution is -2.15. The summed E-state index contributed by atoms with van der Waals surface area (Å²) in [6.45, 7) is 8.64. The van der Waals surface area contributed by atoms with Gasteiger partial charge in [0.05, 0.1) is 7.11 Å². The number of esters is 1. The Morgan fingerprint density at radius 1 is 1.42 bits per heavy atom. The largest absolute Gasteiger partial charge is 0.469 e. The second-order valence-corrected chi connectivity index (χ2v) is 7.29. The molecule has 0 saturated heterocycles. The fraction of sp³-hybridized carbons (Fsp3) is 0.667. The van der Waals surface area contributed by atoms with Crippen LogP contribution in [0.3, 0.4) is 0 Å². The first-order valence-electron chi connectivity index (χ1n) is 6.66. The molecule has 0 fully saturated rings. The normalized spacial score (nSPS) is 15.1. The van der Waals surface area contributed by atoms with E-state index in [1.807, 2.05) is 6.92 Å². The highest BCUT2D eigenvalue weighted by Crippen LogP contribution is 2.33. The highest BCUT2D eigenvalue weighted by Gasteiger charge is 2.20. The maximum Gasteiger partial charge on any atom is 0.305 e. The molecule has 1 aromatic heterocycles. The molecule has 0 saturated carbocycles. The van der Waals surface area contributed by atoms with Crippen molar-refractivity contribution in [2.24, 2.45) is 11.7 Å². The average Bonchev–Trinajstić information content (AvgIpc) is 2.77. The maximum atomic E-state index is 11.2. The molecule has 1 aromatic rings.